The maximum absolute atomic E-state index is 13.1. The molecule has 0 atom stereocenters. The Labute approximate surface area is 175 Å². The lowest BCUT2D eigenvalue weighted by molar-refractivity contribution is 0.106. The van der Waals surface area contributed by atoms with Crippen molar-refractivity contribution in [3.8, 4) is 11.6 Å². The predicted molar refractivity (Wildman–Crippen MR) is 111 cm³/mol. The molecule has 5 rings (SSSR count). The normalized spacial score (nSPS) is 13.6. The molecule has 3 aromatic heterocycles. The highest BCUT2D eigenvalue weighted by Crippen LogP contribution is 2.45. The highest BCUT2D eigenvalue weighted by Gasteiger charge is 2.37. The third-order valence-electron chi connectivity index (χ3n) is 5.00. The monoisotopic (exact) mass is 425 g/mol. The summed E-state index contributed by atoms with van der Waals surface area (Å²) in [7, 11) is 0. The number of ketones is 1. The molecule has 0 spiro atoms. The van der Waals surface area contributed by atoms with Crippen molar-refractivity contribution in [3.05, 3.63) is 74.9 Å². The topological polar surface area (TPSA) is 72.6 Å². The molecule has 3 heterocycles. The number of rotatable bonds is 4. The number of pyridine rings is 1. The quantitative estimate of drug-likeness (QED) is 0.401. The van der Waals surface area contributed by atoms with Crippen LogP contribution in [0.1, 0.15) is 34.0 Å². The van der Waals surface area contributed by atoms with Crippen molar-refractivity contribution in [3.63, 3.8) is 0 Å². The fourth-order valence-corrected chi connectivity index (χ4v) is 4.09. The van der Waals surface area contributed by atoms with E-state index in [2.05, 4.69) is 4.98 Å². The number of hydrogen-bond acceptors (Lipinski definition) is 5. The van der Waals surface area contributed by atoms with Crippen LogP contribution >= 0.6 is 23.2 Å². The van der Waals surface area contributed by atoms with Gasteiger partial charge in [0.1, 0.15) is 27.7 Å². The van der Waals surface area contributed by atoms with Crippen molar-refractivity contribution < 1.29 is 19.1 Å². The minimum Gasteiger partial charge on any atom is -0.506 e. The Hall–Kier alpha value is -3.02. The molecule has 2 bridgehead atoms. The number of allylic oxidation sites excluding steroid dienone is 1. The lowest BCUT2D eigenvalue weighted by Gasteiger charge is -2.13. The van der Waals surface area contributed by atoms with Gasteiger partial charge in [-0.25, -0.2) is 4.98 Å². The summed E-state index contributed by atoms with van der Waals surface area (Å²) in [4.78, 5) is 17.2. The molecular formula is C22H13Cl2NO4. The molecule has 0 unspecified atom stereocenters. The molecule has 7 heteroatoms. The minimum absolute atomic E-state index is 0.0751. The molecule has 29 heavy (non-hydrogen) atoms. The van der Waals surface area contributed by atoms with Crippen LogP contribution in [0.25, 0.3) is 22.5 Å². The molecule has 0 aliphatic heterocycles. The van der Waals surface area contributed by atoms with Crippen LogP contribution in [-0.2, 0) is 6.42 Å². The van der Waals surface area contributed by atoms with Crippen molar-refractivity contribution in [2.75, 3.05) is 0 Å². The van der Waals surface area contributed by atoms with Crippen molar-refractivity contribution in [2.45, 2.75) is 13.3 Å². The number of carbonyl (C=O) groups is 1. The number of nitrogens with zero attached hydrogens (tertiary/aromatic N) is 1. The molecule has 0 amide bonds. The number of carbonyl (C=O) groups excluding carboxylic acids is 1. The zero-order valence-corrected chi connectivity index (χ0v) is 16.6. The molecule has 0 saturated carbocycles. The molecule has 1 aliphatic rings. The van der Waals surface area contributed by atoms with Crippen LogP contribution < -0.4 is 4.74 Å². The minimum atomic E-state index is -0.263. The highest BCUT2D eigenvalue weighted by atomic mass is 35.5. The van der Waals surface area contributed by atoms with Crippen LogP contribution in [0.2, 0.25) is 10.0 Å². The first kappa shape index (κ1) is 18.0. The number of aliphatic hydroxyl groups is 1. The summed E-state index contributed by atoms with van der Waals surface area (Å²) in [5, 5.41) is 11.5. The smallest absolute Gasteiger partial charge is 0.238 e. The number of Topliss-reactive ketones (excluding diaryl/α,β-unsaturated/α-hetero) is 1. The Morgan fingerprint density at radius 2 is 1.86 bits per heavy atom. The largest absolute Gasteiger partial charge is 0.506 e. The number of furan rings is 2. The second kappa shape index (κ2) is 6.51. The van der Waals surface area contributed by atoms with Crippen molar-refractivity contribution in [1.82, 2.24) is 4.98 Å². The van der Waals surface area contributed by atoms with Crippen LogP contribution in [0, 0.1) is 0 Å². The predicted octanol–water partition coefficient (Wildman–Crippen LogP) is 6.55. The maximum atomic E-state index is 13.1. The van der Waals surface area contributed by atoms with Crippen LogP contribution in [-0.4, -0.2) is 15.9 Å². The maximum Gasteiger partial charge on any atom is 0.238 e. The summed E-state index contributed by atoms with van der Waals surface area (Å²) in [6, 6.07) is 10.3. The summed E-state index contributed by atoms with van der Waals surface area (Å²) < 4.78 is 11.3. The second-order valence-electron chi connectivity index (χ2n) is 6.68. The van der Waals surface area contributed by atoms with Gasteiger partial charge in [-0.1, -0.05) is 36.2 Å². The number of aryl methyl sites for hydroxylation is 1. The van der Waals surface area contributed by atoms with E-state index in [1.165, 1.54) is 12.3 Å². The van der Waals surface area contributed by atoms with Gasteiger partial charge in [0.2, 0.25) is 11.7 Å². The Kier molecular flexibility index (Phi) is 4.05. The Bertz CT molecular complexity index is 1320. The lowest BCUT2D eigenvalue weighted by atomic mass is 9.95. The summed E-state index contributed by atoms with van der Waals surface area (Å²) in [6.07, 6.45) is 2.11. The van der Waals surface area contributed by atoms with E-state index >= 15 is 0 Å². The summed E-state index contributed by atoms with van der Waals surface area (Å²) in [5.74, 6) is 0.298. The van der Waals surface area contributed by atoms with Gasteiger partial charge < -0.3 is 14.3 Å². The van der Waals surface area contributed by atoms with Crippen molar-refractivity contribution in [2.24, 2.45) is 0 Å². The number of aliphatic hydroxyl groups excluding tert-OH is 1. The zero-order valence-electron chi connectivity index (χ0n) is 15.1. The van der Waals surface area contributed by atoms with Gasteiger partial charge in [0.05, 0.1) is 21.7 Å². The van der Waals surface area contributed by atoms with Gasteiger partial charge in [-0.2, -0.15) is 0 Å². The second-order valence-corrected chi connectivity index (χ2v) is 7.53. The third kappa shape index (κ3) is 2.69. The standard InChI is InChI=1S/C22H13Cl2NO4/c1-2-10-3-4-12(28-22-14(24)7-11(23)9-25-22)8-13(10)17-20(26)18-15-5-6-16(29-15)19(18)21(17)27/h3-9,26H,2H2,1H3. The SMILES string of the molecule is CCc1ccc(Oc2ncc(Cl)cc2Cl)cc1C1=C(O)c2c(c3ccc2o3)C1=O. The number of fused-ring (bicyclic) bond motifs is 5. The molecule has 1 aromatic carbocycles. The van der Waals surface area contributed by atoms with Gasteiger partial charge in [-0.05, 0) is 47.9 Å². The van der Waals surface area contributed by atoms with Gasteiger partial charge >= 0.3 is 0 Å². The number of halogens is 2. The first-order valence-electron chi connectivity index (χ1n) is 8.93. The Morgan fingerprint density at radius 3 is 2.55 bits per heavy atom. The molecule has 5 nitrogen and oxygen atoms in total. The Balaban J connectivity index is 1.61. The summed E-state index contributed by atoms with van der Waals surface area (Å²) in [5.41, 5.74) is 3.59. The highest BCUT2D eigenvalue weighted by molar-refractivity contribution is 6.42. The van der Waals surface area contributed by atoms with Gasteiger partial charge in [0.15, 0.2) is 0 Å². The zero-order chi connectivity index (χ0) is 20.3. The molecule has 0 fully saturated rings. The number of benzene rings is 2. The van der Waals surface area contributed by atoms with Gasteiger partial charge in [0, 0.05) is 6.20 Å². The van der Waals surface area contributed by atoms with Crippen LogP contribution in [0.15, 0.2) is 47.0 Å². The number of aromatic nitrogens is 1. The molecule has 1 N–H and O–H groups in total. The fraction of sp³-hybridized carbons (Fsp3) is 0.0909. The van der Waals surface area contributed by atoms with Crippen LogP contribution in [0.3, 0.4) is 0 Å². The van der Waals surface area contributed by atoms with Gasteiger partial charge in [0.25, 0.3) is 0 Å². The van der Waals surface area contributed by atoms with Crippen molar-refractivity contribution in [1.29, 1.82) is 0 Å². The molecule has 1 aliphatic carbocycles. The first-order valence-corrected chi connectivity index (χ1v) is 9.69. The summed E-state index contributed by atoms with van der Waals surface area (Å²) in [6.45, 7) is 1.98. The summed E-state index contributed by atoms with van der Waals surface area (Å²) >= 11 is 12.0. The average Bonchev–Trinajstić information content (AvgIpc) is 3.38. The van der Waals surface area contributed by atoms with E-state index in [1.54, 1.807) is 24.3 Å². The average molecular weight is 426 g/mol. The van der Waals surface area contributed by atoms with Gasteiger partial charge in [-0.3, -0.25) is 4.79 Å². The fourth-order valence-electron chi connectivity index (χ4n) is 3.67. The van der Waals surface area contributed by atoms with Crippen LogP contribution in [0.4, 0.5) is 0 Å². The first-order chi connectivity index (χ1) is 14.0. The number of ether oxygens (including phenoxy) is 1. The van der Waals surface area contributed by atoms with Crippen molar-refractivity contribution >= 4 is 51.5 Å². The van der Waals surface area contributed by atoms with E-state index in [-0.39, 0.29) is 28.0 Å². The molecule has 4 aromatic rings. The van der Waals surface area contributed by atoms with Crippen LogP contribution in [0.5, 0.6) is 11.6 Å². The van der Waals surface area contributed by atoms with E-state index in [1.807, 2.05) is 13.0 Å². The van der Waals surface area contributed by atoms with E-state index < -0.39 is 0 Å². The van der Waals surface area contributed by atoms with E-state index in [0.717, 1.165) is 5.56 Å². The number of hydrogen-bond donors (Lipinski definition) is 1. The third-order valence-corrected chi connectivity index (χ3v) is 5.47. The van der Waals surface area contributed by atoms with E-state index in [9.17, 15) is 9.90 Å². The van der Waals surface area contributed by atoms with E-state index in [0.29, 0.717) is 45.0 Å². The molecular weight excluding hydrogens is 413 g/mol. The van der Waals surface area contributed by atoms with E-state index in [4.69, 9.17) is 32.4 Å². The lowest BCUT2D eigenvalue weighted by Crippen LogP contribution is -2.02. The van der Waals surface area contributed by atoms with Gasteiger partial charge in [-0.15, -0.1) is 0 Å². The molecule has 144 valence electrons. The molecule has 0 radical (unpaired) electrons. The molecule has 0 saturated heterocycles. The Morgan fingerprint density at radius 1 is 1.10 bits per heavy atom.